The number of nitro benzene ring substituents is 1. The van der Waals surface area contributed by atoms with Gasteiger partial charge in [0.2, 0.25) is 0 Å². The average Bonchev–Trinajstić information content (AvgIpc) is 2.32. The first-order chi connectivity index (χ1) is 9.09. The van der Waals surface area contributed by atoms with E-state index in [4.69, 9.17) is 4.74 Å². The Hall–Kier alpha value is -2.32. The van der Waals surface area contributed by atoms with Gasteiger partial charge in [-0.3, -0.25) is 14.9 Å². The predicted octanol–water partition coefficient (Wildman–Crippen LogP) is 2.72. The van der Waals surface area contributed by atoms with Gasteiger partial charge >= 0.3 is 12.1 Å². The summed E-state index contributed by atoms with van der Waals surface area (Å²) in [7, 11) is 1.19. The van der Waals surface area contributed by atoms with E-state index in [-0.39, 0.29) is 16.9 Å². The van der Waals surface area contributed by atoms with Crippen LogP contribution in [-0.2, 0) is 4.79 Å². The molecule has 0 saturated carbocycles. The molecule has 0 atom stereocenters. The van der Waals surface area contributed by atoms with Crippen molar-refractivity contribution in [3.05, 3.63) is 27.3 Å². The van der Waals surface area contributed by atoms with Crippen molar-refractivity contribution in [3.63, 3.8) is 0 Å². The summed E-state index contributed by atoms with van der Waals surface area (Å²) in [5, 5.41) is 12.4. The second kappa shape index (κ2) is 5.35. The number of rotatable bonds is 3. The first kappa shape index (κ1) is 15.7. The lowest BCUT2D eigenvalue weighted by molar-refractivity contribution is -0.385. The molecule has 0 unspecified atom stereocenters. The number of hydrogen-bond acceptors (Lipinski definition) is 4. The lowest BCUT2D eigenvalue weighted by Crippen LogP contribution is -2.30. The molecule has 0 aliphatic heterocycles. The van der Waals surface area contributed by atoms with Crippen LogP contribution in [0.15, 0.2) is 6.07 Å². The van der Waals surface area contributed by atoms with Crippen LogP contribution in [0.25, 0.3) is 0 Å². The zero-order valence-electron chi connectivity index (χ0n) is 10.8. The van der Waals surface area contributed by atoms with Crippen molar-refractivity contribution < 1.29 is 27.6 Å². The van der Waals surface area contributed by atoms with Gasteiger partial charge < -0.3 is 10.1 Å². The number of nitrogens with one attached hydrogen (secondary N) is 1. The number of nitrogens with zero attached hydrogens (tertiary/aromatic N) is 1. The van der Waals surface area contributed by atoms with Gasteiger partial charge in [-0.05, 0) is 13.8 Å². The van der Waals surface area contributed by atoms with Gasteiger partial charge in [-0.15, -0.1) is 0 Å². The molecule has 0 bridgehead atoms. The molecule has 1 rings (SSSR count). The van der Waals surface area contributed by atoms with Gasteiger partial charge in [-0.25, -0.2) is 0 Å². The van der Waals surface area contributed by atoms with Gasteiger partial charge in [0.05, 0.1) is 17.7 Å². The molecule has 0 aliphatic carbocycles. The number of benzene rings is 1. The first-order valence-electron chi connectivity index (χ1n) is 5.30. The van der Waals surface area contributed by atoms with Crippen LogP contribution >= 0.6 is 0 Å². The van der Waals surface area contributed by atoms with Gasteiger partial charge in [-0.1, -0.05) is 0 Å². The van der Waals surface area contributed by atoms with Gasteiger partial charge in [0.25, 0.3) is 5.69 Å². The number of carbonyl (C=O) groups is 1. The quantitative estimate of drug-likeness (QED) is 0.686. The zero-order valence-corrected chi connectivity index (χ0v) is 10.8. The van der Waals surface area contributed by atoms with Crippen LogP contribution in [0, 0.1) is 24.0 Å². The highest BCUT2D eigenvalue weighted by Gasteiger charge is 2.39. The Kier molecular flexibility index (Phi) is 4.21. The van der Waals surface area contributed by atoms with E-state index < -0.39 is 28.4 Å². The highest BCUT2D eigenvalue weighted by molar-refractivity contribution is 5.97. The molecule has 1 N–H and O–H groups in total. The van der Waals surface area contributed by atoms with E-state index in [1.807, 2.05) is 0 Å². The molecular weight excluding hydrogens is 281 g/mol. The summed E-state index contributed by atoms with van der Waals surface area (Å²) in [6.07, 6.45) is -5.10. The van der Waals surface area contributed by atoms with Crippen molar-refractivity contribution in [3.8, 4) is 5.75 Å². The topological polar surface area (TPSA) is 81.5 Å². The van der Waals surface area contributed by atoms with Crippen LogP contribution < -0.4 is 10.1 Å². The number of carbonyl (C=O) groups excluding carboxylic acids is 1. The maximum Gasteiger partial charge on any atom is 0.471 e. The molecule has 9 heteroatoms. The van der Waals surface area contributed by atoms with Crippen LogP contribution in [0.2, 0.25) is 0 Å². The Morgan fingerprint density at radius 1 is 1.35 bits per heavy atom. The maximum atomic E-state index is 12.2. The number of ether oxygens (including phenoxy) is 1. The number of halogens is 3. The van der Waals surface area contributed by atoms with Crippen LogP contribution in [0.4, 0.5) is 24.5 Å². The van der Waals surface area contributed by atoms with Gasteiger partial charge in [0.1, 0.15) is 5.75 Å². The van der Waals surface area contributed by atoms with E-state index in [1.165, 1.54) is 21.0 Å². The molecular formula is C11H11F3N2O4. The van der Waals surface area contributed by atoms with Gasteiger partial charge in [-0.2, -0.15) is 13.2 Å². The molecule has 0 spiro atoms. The molecule has 1 aromatic carbocycles. The summed E-state index contributed by atoms with van der Waals surface area (Å²) in [6.45, 7) is 2.88. The summed E-state index contributed by atoms with van der Waals surface area (Å²) in [5.41, 5.74) is -0.276. The van der Waals surface area contributed by atoms with Gasteiger partial charge in [0.15, 0.2) is 0 Å². The third-order valence-corrected chi connectivity index (χ3v) is 2.72. The SMILES string of the molecule is COc1c(NC(=O)C(F)(F)F)cc([N+](=O)[O-])c(C)c1C. The number of amides is 1. The van der Waals surface area contributed by atoms with E-state index in [2.05, 4.69) is 0 Å². The lowest BCUT2D eigenvalue weighted by Gasteiger charge is -2.15. The summed E-state index contributed by atoms with van der Waals surface area (Å²) in [4.78, 5) is 21.0. The molecule has 1 aromatic rings. The lowest BCUT2D eigenvalue weighted by atomic mass is 10.1. The van der Waals surface area contributed by atoms with Crippen molar-refractivity contribution in [1.82, 2.24) is 0 Å². The number of hydrogen-bond donors (Lipinski definition) is 1. The van der Waals surface area contributed by atoms with Gasteiger partial charge in [0, 0.05) is 17.2 Å². The van der Waals surface area contributed by atoms with E-state index in [9.17, 15) is 28.1 Å². The van der Waals surface area contributed by atoms with Crippen molar-refractivity contribution in [2.24, 2.45) is 0 Å². The number of anilines is 1. The first-order valence-corrected chi connectivity index (χ1v) is 5.30. The monoisotopic (exact) mass is 292 g/mol. The van der Waals surface area contributed by atoms with E-state index in [0.717, 1.165) is 6.07 Å². The Balaban J connectivity index is 3.38. The fraction of sp³-hybridized carbons (Fsp3) is 0.364. The molecule has 0 radical (unpaired) electrons. The molecule has 110 valence electrons. The third-order valence-electron chi connectivity index (χ3n) is 2.72. The minimum absolute atomic E-state index is 0.0503. The fourth-order valence-electron chi connectivity index (χ4n) is 1.61. The van der Waals surface area contributed by atoms with Crippen molar-refractivity contribution >= 4 is 17.3 Å². The minimum atomic E-state index is -5.10. The normalized spacial score (nSPS) is 11.1. The highest BCUT2D eigenvalue weighted by Crippen LogP contribution is 2.37. The second-order valence-electron chi connectivity index (χ2n) is 3.94. The molecule has 1 amide bonds. The zero-order chi connectivity index (χ0) is 15.7. The summed E-state index contributed by atoms with van der Waals surface area (Å²) in [6, 6.07) is 0.838. The van der Waals surface area contributed by atoms with E-state index in [1.54, 1.807) is 5.32 Å². The molecule has 20 heavy (non-hydrogen) atoms. The second-order valence-corrected chi connectivity index (χ2v) is 3.94. The maximum absolute atomic E-state index is 12.2. The Morgan fingerprint density at radius 3 is 2.30 bits per heavy atom. The molecule has 0 fully saturated rings. The predicted molar refractivity (Wildman–Crippen MR) is 63.8 cm³/mol. The van der Waals surface area contributed by atoms with Crippen LogP contribution in [0.5, 0.6) is 5.75 Å². The largest absolute Gasteiger partial charge is 0.494 e. The standard InChI is InChI=1S/C11H11F3N2O4/c1-5-6(2)9(20-3)7(4-8(5)16(18)19)15-10(17)11(12,13)14/h4H,1-3H3,(H,15,17). The van der Waals surface area contributed by atoms with E-state index in [0.29, 0.717) is 0 Å². The summed E-state index contributed by atoms with van der Waals surface area (Å²) >= 11 is 0. The van der Waals surface area contributed by atoms with Crippen LogP contribution in [0.1, 0.15) is 11.1 Å². The van der Waals surface area contributed by atoms with Crippen molar-refractivity contribution in [2.45, 2.75) is 20.0 Å². The van der Waals surface area contributed by atoms with Crippen LogP contribution in [-0.4, -0.2) is 24.1 Å². The fourth-order valence-corrected chi connectivity index (χ4v) is 1.61. The smallest absolute Gasteiger partial charge is 0.471 e. The molecule has 6 nitrogen and oxygen atoms in total. The summed E-state index contributed by atoms with van der Waals surface area (Å²) in [5.74, 6) is -2.28. The molecule has 0 aromatic heterocycles. The van der Waals surface area contributed by atoms with Crippen molar-refractivity contribution in [2.75, 3.05) is 12.4 Å². The number of nitro groups is 1. The Labute approximate surface area is 111 Å². The highest BCUT2D eigenvalue weighted by atomic mass is 19.4. The Bertz CT molecular complexity index is 570. The molecule has 0 heterocycles. The number of alkyl halides is 3. The van der Waals surface area contributed by atoms with Crippen molar-refractivity contribution in [1.29, 1.82) is 0 Å². The Morgan fingerprint density at radius 2 is 1.90 bits per heavy atom. The molecule has 0 saturated heterocycles. The van der Waals surface area contributed by atoms with E-state index >= 15 is 0 Å². The number of methoxy groups -OCH3 is 1. The van der Waals surface area contributed by atoms with Crippen LogP contribution in [0.3, 0.4) is 0 Å². The average molecular weight is 292 g/mol. The minimum Gasteiger partial charge on any atom is -0.494 e. The third kappa shape index (κ3) is 2.98. The summed E-state index contributed by atoms with van der Waals surface area (Å²) < 4.78 is 41.6. The molecule has 0 aliphatic rings.